The lowest BCUT2D eigenvalue weighted by Gasteiger charge is -2.00. The van der Waals surface area contributed by atoms with E-state index in [2.05, 4.69) is 28.2 Å². The van der Waals surface area contributed by atoms with E-state index >= 15 is 0 Å². The third-order valence-electron chi connectivity index (χ3n) is 2.52. The van der Waals surface area contributed by atoms with E-state index in [9.17, 15) is 0 Å². The summed E-state index contributed by atoms with van der Waals surface area (Å²) in [6.07, 6.45) is 1.90. The molecule has 0 radical (unpaired) electrons. The predicted octanol–water partition coefficient (Wildman–Crippen LogP) is 2.53. The van der Waals surface area contributed by atoms with Gasteiger partial charge in [0.15, 0.2) is 0 Å². The summed E-state index contributed by atoms with van der Waals surface area (Å²) in [4.78, 5) is 4.25. The first-order chi connectivity index (χ1) is 8.84. The summed E-state index contributed by atoms with van der Waals surface area (Å²) in [6, 6.07) is 14.1. The molecule has 0 saturated carbocycles. The van der Waals surface area contributed by atoms with Crippen LogP contribution in [0, 0.1) is 18.8 Å². The molecule has 2 aromatic rings. The molecule has 0 unspecified atom stereocenters. The van der Waals surface area contributed by atoms with E-state index in [4.69, 9.17) is 0 Å². The third kappa shape index (κ3) is 4.04. The smallest absolute Gasteiger partial charge is 0.0582 e. The summed E-state index contributed by atoms with van der Waals surface area (Å²) < 4.78 is 0. The monoisotopic (exact) mass is 236 g/mol. The molecule has 0 aliphatic carbocycles. The summed E-state index contributed by atoms with van der Waals surface area (Å²) in [7, 11) is 0. The number of aryl methyl sites for hydroxylation is 1. The largest absolute Gasteiger partial charge is 0.302 e. The highest BCUT2D eigenvalue weighted by molar-refractivity contribution is 5.33. The molecule has 1 aromatic heterocycles. The van der Waals surface area contributed by atoms with Crippen molar-refractivity contribution in [3.8, 4) is 11.8 Å². The molecule has 18 heavy (non-hydrogen) atoms. The number of hydrogen-bond donors (Lipinski definition) is 1. The van der Waals surface area contributed by atoms with Crippen LogP contribution >= 0.6 is 0 Å². The summed E-state index contributed by atoms with van der Waals surface area (Å²) in [6.45, 7) is 3.47. The second-order valence-electron chi connectivity index (χ2n) is 4.08. The fourth-order valence-corrected chi connectivity index (χ4v) is 1.54. The second-order valence-corrected chi connectivity index (χ2v) is 4.08. The molecule has 1 heterocycles. The highest BCUT2D eigenvalue weighted by Gasteiger charge is 1.91. The maximum absolute atomic E-state index is 4.25. The molecule has 0 spiro atoms. The van der Waals surface area contributed by atoms with E-state index in [-0.39, 0.29) is 0 Å². The Morgan fingerprint density at radius 2 is 1.94 bits per heavy atom. The van der Waals surface area contributed by atoms with Crippen molar-refractivity contribution in [1.29, 1.82) is 0 Å². The number of pyridine rings is 1. The average Bonchev–Trinajstić information content (AvgIpc) is 2.42. The lowest BCUT2D eigenvalue weighted by molar-refractivity contribution is 0.766. The zero-order valence-electron chi connectivity index (χ0n) is 10.5. The molecule has 0 aliphatic heterocycles. The minimum atomic E-state index is 0.683. The Balaban J connectivity index is 1.77. The Kier molecular flexibility index (Phi) is 4.52. The number of aromatic nitrogens is 1. The van der Waals surface area contributed by atoms with Crippen molar-refractivity contribution in [3.05, 3.63) is 65.5 Å². The zero-order chi connectivity index (χ0) is 12.6. The lowest BCUT2D eigenvalue weighted by atomic mass is 10.2. The predicted molar refractivity (Wildman–Crippen MR) is 74.0 cm³/mol. The van der Waals surface area contributed by atoms with Crippen molar-refractivity contribution in [2.75, 3.05) is 6.54 Å². The van der Waals surface area contributed by atoms with Crippen LogP contribution in [0.2, 0.25) is 0 Å². The van der Waals surface area contributed by atoms with Gasteiger partial charge in [-0.3, -0.25) is 4.98 Å². The fraction of sp³-hybridized carbons (Fsp3) is 0.188. The standard InChI is InChI=1S/C16H16N2/c1-14-9-10-16(13-18-14)12-17-11-5-8-15-6-3-2-4-7-15/h2-4,6-7,9-10,13,17H,11-12H2,1H3. The van der Waals surface area contributed by atoms with Crippen molar-refractivity contribution in [2.45, 2.75) is 13.5 Å². The van der Waals surface area contributed by atoms with Crippen molar-refractivity contribution in [3.63, 3.8) is 0 Å². The first-order valence-electron chi connectivity index (χ1n) is 6.01. The topological polar surface area (TPSA) is 24.9 Å². The van der Waals surface area contributed by atoms with Crippen LogP contribution in [-0.2, 0) is 6.54 Å². The summed E-state index contributed by atoms with van der Waals surface area (Å²) in [5.41, 5.74) is 3.28. The van der Waals surface area contributed by atoms with Crippen LogP contribution in [0.4, 0.5) is 0 Å². The Morgan fingerprint density at radius 1 is 1.11 bits per heavy atom. The Morgan fingerprint density at radius 3 is 2.67 bits per heavy atom. The molecule has 1 aromatic carbocycles. The molecule has 0 fully saturated rings. The van der Waals surface area contributed by atoms with Gasteiger partial charge in [0, 0.05) is 24.0 Å². The molecule has 1 N–H and O–H groups in total. The van der Waals surface area contributed by atoms with E-state index < -0.39 is 0 Å². The number of rotatable bonds is 3. The minimum Gasteiger partial charge on any atom is -0.302 e. The van der Waals surface area contributed by atoms with Gasteiger partial charge in [-0.25, -0.2) is 0 Å². The number of nitrogens with one attached hydrogen (secondary N) is 1. The van der Waals surface area contributed by atoms with Crippen LogP contribution in [-0.4, -0.2) is 11.5 Å². The summed E-state index contributed by atoms with van der Waals surface area (Å²) in [5.74, 6) is 6.21. The van der Waals surface area contributed by atoms with Gasteiger partial charge in [0.1, 0.15) is 0 Å². The molecule has 0 aliphatic rings. The van der Waals surface area contributed by atoms with Gasteiger partial charge in [-0.15, -0.1) is 0 Å². The van der Waals surface area contributed by atoms with E-state index in [1.807, 2.05) is 49.5 Å². The molecule has 0 bridgehead atoms. The molecule has 0 atom stereocenters. The highest BCUT2D eigenvalue weighted by Crippen LogP contribution is 1.98. The maximum atomic E-state index is 4.25. The number of hydrogen-bond acceptors (Lipinski definition) is 2. The van der Waals surface area contributed by atoms with Crippen LogP contribution in [0.3, 0.4) is 0 Å². The van der Waals surface area contributed by atoms with Gasteiger partial charge in [0.25, 0.3) is 0 Å². The van der Waals surface area contributed by atoms with Crippen LogP contribution in [0.15, 0.2) is 48.7 Å². The second kappa shape index (κ2) is 6.58. The Labute approximate surface area is 108 Å². The van der Waals surface area contributed by atoms with Gasteiger partial charge in [0.2, 0.25) is 0 Å². The van der Waals surface area contributed by atoms with Crippen LogP contribution < -0.4 is 5.32 Å². The summed E-state index contributed by atoms with van der Waals surface area (Å²) in [5, 5.41) is 3.28. The van der Waals surface area contributed by atoms with Gasteiger partial charge >= 0.3 is 0 Å². The maximum Gasteiger partial charge on any atom is 0.0582 e. The third-order valence-corrected chi connectivity index (χ3v) is 2.52. The minimum absolute atomic E-state index is 0.683. The van der Waals surface area contributed by atoms with Crippen LogP contribution in [0.5, 0.6) is 0 Å². The fourth-order valence-electron chi connectivity index (χ4n) is 1.54. The van der Waals surface area contributed by atoms with Crippen LogP contribution in [0.1, 0.15) is 16.8 Å². The molecular weight excluding hydrogens is 220 g/mol. The van der Waals surface area contributed by atoms with Gasteiger partial charge in [0.05, 0.1) is 6.54 Å². The molecule has 2 rings (SSSR count). The van der Waals surface area contributed by atoms with Crippen molar-refractivity contribution >= 4 is 0 Å². The first-order valence-corrected chi connectivity index (χ1v) is 6.01. The molecule has 90 valence electrons. The van der Waals surface area contributed by atoms with Gasteiger partial charge < -0.3 is 5.32 Å². The highest BCUT2D eigenvalue weighted by atomic mass is 14.8. The number of nitrogens with zero attached hydrogens (tertiary/aromatic N) is 1. The van der Waals surface area contributed by atoms with Gasteiger partial charge in [-0.05, 0) is 30.7 Å². The number of benzene rings is 1. The molecule has 2 nitrogen and oxygen atoms in total. The Hall–Kier alpha value is -2.11. The zero-order valence-corrected chi connectivity index (χ0v) is 10.5. The van der Waals surface area contributed by atoms with E-state index in [1.54, 1.807) is 0 Å². The van der Waals surface area contributed by atoms with Gasteiger partial charge in [-0.2, -0.15) is 0 Å². The molecular formula is C16H16N2. The van der Waals surface area contributed by atoms with Gasteiger partial charge in [-0.1, -0.05) is 36.1 Å². The SMILES string of the molecule is Cc1ccc(CNCC#Cc2ccccc2)cn1. The van der Waals surface area contributed by atoms with Crippen molar-refractivity contribution in [2.24, 2.45) is 0 Å². The average molecular weight is 236 g/mol. The molecule has 0 saturated heterocycles. The lowest BCUT2D eigenvalue weighted by Crippen LogP contribution is -2.13. The van der Waals surface area contributed by atoms with Crippen molar-refractivity contribution in [1.82, 2.24) is 10.3 Å². The van der Waals surface area contributed by atoms with Crippen molar-refractivity contribution < 1.29 is 0 Å². The molecule has 0 amide bonds. The normalized spacial score (nSPS) is 9.61. The van der Waals surface area contributed by atoms with E-state index in [0.29, 0.717) is 6.54 Å². The Bertz CT molecular complexity index is 533. The van der Waals surface area contributed by atoms with E-state index in [0.717, 1.165) is 17.8 Å². The summed E-state index contributed by atoms with van der Waals surface area (Å²) >= 11 is 0. The van der Waals surface area contributed by atoms with Crippen LogP contribution in [0.25, 0.3) is 0 Å². The first kappa shape index (κ1) is 12.3. The van der Waals surface area contributed by atoms with E-state index in [1.165, 1.54) is 5.56 Å². The molecule has 2 heteroatoms. The quantitative estimate of drug-likeness (QED) is 0.654.